The first-order valence-corrected chi connectivity index (χ1v) is 11.2. The SMILES string of the molecule is O=C(OCc1ccccc1C(=O)N1CCCC1c1nnc(-c2ccccc2)o1)c1ccccc1. The van der Waals surface area contributed by atoms with Crippen molar-refractivity contribution in [2.75, 3.05) is 6.54 Å². The first-order valence-electron chi connectivity index (χ1n) is 11.2. The molecule has 2 heterocycles. The van der Waals surface area contributed by atoms with Crippen molar-refractivity contribution in [3.05, 3.63) is 108 Å². The summed E-state index contributed by atoms with van der Waals surface area (Å²) in [4.78, 5) is 27.7. The number of rotatable bonds is 6. The van der Waals surface area contributed by atoms with Crippen LogP contribution in [0.5, 0.6) is 0 Å². The van der Waals surface area contributed by atoms with Gasteiger partial charge in [0, 0.05) is 23.2 Å². The predicted octanol–water partition coefficient (Wildman–Crippen LogP) is 5.07. The Morgan fingerprint density at radius 2 is 1.62 bits per heavy atom. The smallest absolute Gasteiger partial charge is 0.338 e. The van der Waals surface area contributed by atoms with Gasteiger partial charge in [-0.25, -0.2) is 4.79 Å². The quantitative estimate of drug-likeness (QED) is 0.379. The van der Waals surface area contributed by atoms with E-state index in [9.17, 15) is 9.59 Å². The molecular weight excluding hydrogens is 430 g/mol. The van der Waals surface area contributed by atoms with Crippen molar-refractivity contribution in [1.29, 1.82) is 0 Å². The van der Waals surface area contributed by atoms with E-state index in [0.717, 1.165) is 18.4 Å². The van der Waals surface area contributed by atoms with Crippen LogP contribution in [-0.2, 0) is 11.3 Å². The number of benzene rings is 3. The summed E-state index contributed by atoms with van der Waals surface area (Å²) in [5, 5.41) is 8.42. The number of ether oxygens (including phenoxy) is 1. The van der Waals surface area contributed by atoms with Crippen molar-refractivity contribution in [2.24, 2.45) is 0 Å². The normalized spacial score (nSPS) is 15.3. The van der Waals surface area contributed by atoms with E-state index in [1.807, 2.05) is 42.5 Å². The van der Waals surface area contributed by atoms with Crippen LogP contribution in [0.3, 0.4) is 0 Å². The van der Waals surface area contributed by atoms with Crippen LogP contribution in [0.15, 0.2) is 89.3 Å². The average Bonchev–Trinajstić information content (AvgIpc) is 3.58. The van der Waals surface area contributed by atoms with Gasteiger partial charge in [-0.1, -0.05) is 54.6 Å². The maximum Gasteiger partial charge on any atom is 0.338 e. The lowest BCUT2D eigenvalue weighted by Gasteiger charge is -2.23. The number of nitrogens with zero attached hydrogens (tertiary/aromatic N) is 3. The van der Waals surface area contributed by atoms with Crippen LogP contribution in [-0.4, -0.2) is 33.5 Å². The van der Waals surface area contributed by atoms with Crippen LogP contribution in [0.4, 0.5) is 0 Å². The molecule has 4 aromatic rings. The third-order valence-electron chi connectivity index (χ3n) is 5.88. The minimum atomic E-state index is -0.429. The van der Waals surface area contributed by atoms with Crippen LogP contribution in [0, 0.1) is 0 Å². The summed E-state index contributed by atoms with van der Waals surface area (Å²) < 4.78 is 11.4. The minimum absolute atomic E-state index is 0.00681. The molecule has 1 fully saturated rings. The van der Waals surface area contributed by atoms with E-state index in [1.165, 1.54) is 0 Å². The number of carbonyl (C=O) groups excluding carboxylic acids is 2. The Balaban J connectivity index is 1.33. The molecule has 5 rings (SSSR count). The molecule has 1 unspecified atom stereocenters. The number of likely N-dealkylation sites (tertiary alicyclic amines) is 1. The zero-order valence-electron chi connectivity index (χ0n) is 18.5. The topological polar surface area (TPSA) is 85.5 Å². The van der Waals surface area contributed by atoms with Gasteiger partial charge in [0.15, 0.2) is 0 Å². The summed E-state index contributed by atoms with van der Waals surface area (Å²) >= 11 is 0. The number of amides is 1. The van der Waals surface area contributed by atoms with Gasteiger partial charge in [0.25, 0.3) is 5.91 Å². The lowest BCUT2D eigenvalue weighted by molar-refractivity contribution is 0.0467. The van der Waals surface area contributed by atoms with E-state index in [4.69, 9.17) is 9.15 Å². The van der Waals surface area contributed by atoms with Gasteiger partial charge in [-0.2, -0.15) is 0 Å². The standard InChI is InChI=1S/C27H23N3O4/c31-26(22-15-8-7-14-21(22)18-33-27(32)20-12-5-2-6-13-20)30-17-9-16-23(30)25-29-28-24(34-25)19-10-3-1-4-11-19/h1-8,10-15,23H,9,16-18H2. The van der Waals surface area contributed by atoms with Crippen molar-refractivity contribution in [2.45, 2.75) is 25.5 Å². The number of hydrogen-bond donors (Lipinski definition) is 0. The Morgan fingerprint density at radius 1 is 0.912 bits per heavy atom. The van der Waals surface area contributed by atoms with Crippen molar-refractivity contribution in [1.82, 2.24) is 15.1 Å². The lowest BCUT2D eigenvalue weighted by atomic mass is 10.1. The third kappa shape index (κ3) is 4.45. The Labute approximate surface area is 197 Å². The molecule has 1 atom stereocenters. The molecule has 0 spiro atoms. The molecule has 0 N–H and O–H groups in total. The second-order valence-corrected chi connectivity index (χ2v) is 8.07. The summed E-state index contributed by atoms with van der Waals surface area (Å²) in [6.45, 7) is 0.595. The van der Waals surface area contributed by atoms with E-state index in [-0.39, 0.29) is 18.6 Å². The number of carbonyl (C=O) groups is 2. The van der Waals surface area contributed by atoms with Gasteiger partial charge in [0.2, 0.25) is 11.8 Å². The van der Waals surface area contributed by atoms with Gasteiger partial charge < -0.3 is 14.1 Å². The first kappa shape index (κ1) is 21.6. The number of hydrogen-bond acceptors (Lipinski definition) is 6. The summed E-state index contributed by atoms with van der Waals surface area (Å²) in [5.41, 5.74) is 2.45. The zero-order chi connectivity index (χ0) is 23.3. The van der Waals surface area contributed by atoms with Gasteiger partial charge in [0.1, 0.15) is 12.6 Å². The van der Waals surface area contributed by atoms with E-state index in [0.29, 0.717) is 35.0 Å². The van der Waals surface area contributed by atoms with Crippen molar-refractivity contribution >= 4 is 11.9 Å². The molecular formula is C27H23N3O4. The fraction of sp³-hybridized carbons (Fsp3) is 0.185. The van der Waals surface area contributed by atoms with Crippen LogP contribution in [0.1, 0.15) is 51.1 Å². The van der Waals surface area contributed by atoms with E-state index in [1.54, 1.807) is 47.4 Å². The largest absolute Gasteiger partial charge is 0.457 e. The molecule has 1 aliphatic heterocycles. The fourth-order valence-corrected chi connectivity index (χ4v) is 4.14. The highest BCUT2D eigenvalue weighted by atomic mass is 16.5. The molecule has 0 aliphatic carbocycles. The molecule has 0 saturated carbocycles. The molecule has 1 amide bonds. The Kier molecular flexibility index (Phi) is 6.16. The van der Waals surface area contributed by atoms with Gasteiger partial charge in [-0.3, -0.25) is 4.79 Å². The third-order valence-corrected chi connectivity index (χ3v) is 5.88. The predicted molar refractivity (Wildman–Crippen MR) is 125 cm³/mol. The van der Waals surface area contributed by atoms with Gasteiger partial charge >= 0.3 is 5.97 Å². The summed E-state index contributed by atoms with van der Waals surface area (Å²) in [6.07, 6.45) is 1.58. The van der Waals surface area contributed by atoms with E-state index < -0.39 is 5.97 Å². The molecule has 7 nitrogen and oxygen atoms in total. The van der Waals surface area contributed by atoms with Gasteiger partial charge in [0.05, 0.1) is 5.56 Å². The van der Waals surface area contributed by atoms with Crippen molar-refractivity contribution in [3.8, 4) is 11.5 Å². The van der Waals surface area contributed by atoms with Crippen molar-refractivity contribution in [3.63, 3.8) is 0 Å². The number of aromatic nitrogens is 2. The Hall–Kier alpha value is -4.26. The van der Waals surface area contributed by atoms with E-state index >= 15 is 0 Å². The summed E-state index contributed by atoms with van der Waals surface area (Å²) in [7, 11) is 0. The highest BCUT2D eigenvalue weighted by Gasteiger charge is 2.35. The maximum absolute atomic E-state index is 13.5. The molecule has 170 valence electrons. The average molecular weight is 453 g/mol. The molecule has 0 radical (unpaired) electrons. The Morgan fingerprint density at radius 3 is 2.41 bits per heavy atom. The summed E-state index contributed by atoms with van der Waals surface area (Å²) in [6, 6.07) is 25.2. The molecule has 1 aromatic heterocycles. The molecule has 3 aromatic carbocycles. The highest BCUT2D eigenvalue weighted by molar-refractivity contribution is 5.96. The van der Waals surface area contributed by atoms with Gasteiger partial charge in [-0.05, 0) is 43.2 Å². The monoisotopic (exact) mass is 453 g/mol. The van der Waals surface area contributed by atoms with Crippen molar-refractivity contribution < 1.29 is 18.7 Å². The highest BCUT2D eigenvalue weighted by Crippen LogP contribution is 2.34. The fourth-order valence-electron chi connectivity index (χ4n) is 4.14. The summed E-state index contributed by atoms with van der Waals surface area (Å²) in [5.74, 6) is 0.287. The molecule has 1 saturated heterocycles. The Bertz CT molecular complexity index is 1290. The molecule has 34 heavy (non-hydrogen) atoms. The van der Waals surface area contributed by atoms with E-state index in [2.05, 4.69) is 10.2 Å². The first-order chi connectivity index (χ1) is 16.7. The second-order valence-electron chi connectivity index (χ2n) is 8.07. The van der Waals surface area contributed by atoms with Crippen LogP contribution >= 0.6 is 0 Å². The molecule has 0 bridgehead atoms. The lowest BCUT2D eigenvalue weighted by Crippen LogP contribution is -2.31. The second kappa shape index (κ2) is 9.70. The zero-order valence-corrected chi connectivity index (χ0v) is 18.5. The van der Waals surface area contributed by atoms with Crippen LogP contribution < -0.4 is 0 Å². The molecule has 1 aliphatic rings. The van der Waals surface area contributed by atoms with Gasteiger partial charge in [-0.15, -0.1) is 10.2 Å². The van der Waals surface area contributed by atoms with Crippen LogP contribution in [0.25, 0.3) is 11.5 Å². The molecule has 7 heteroatoms. The minimum Gasteiger partial charge on any atom is -0.457 e. The number of esters is 1. The maximum atomic E-state index is 13.5. The van der Waals surface area contributed by atoms with Crippen LogP contribution in [0.2, 0.25) is 0 Å².